The van der Waals surface area contributed by atoms with Crippen molar-refractivity contribution in [1.29, 1.82) is 0 Å². The number of ketones is 1. The van der Waals surface area contributed by atoms with Gasteiger partial charge in [0.25, 0.3) is 0 Å². The molecule has 0 radical (unpaired) electrons. The van der Waals surface area contributed by atoms with Crippen LogP contribution in [0.3, 0.4) is 0 Å². The number of carbonyl (C=O) groups is 2. The Morgan fingerprint density at radius 2 is 2.20 bits per heavy atom. The molecule has 6 nitrogen and oxygen atoms in total. The first-order valence-electron chi connectivity index (χ1n) is 4.39. The Labute approximate surface area is 87.0 Å². The summed E-state index contributed by atoms with van der Waals surface area (Å²) in [6, 6.07) is -0.669. The largest absolute Gasteiger partial charge is 0.464 e. The summed E-state index contributed by atoms with van der Waals surface area (Å²) in [4.78, 5) is 22.9. The highest BCUT2D eigenvalue weighted by Crippen LogP contribution is 2.10. The molecule has 0 aromatic carbocycles. The first-order chi connectivity index (χ1) is 6.97. The van der Waals surface area contributed by atoms with Gasteiger partial charge in [0.15, 0.2) is 11.5 Å². The molecular formula is C9H13N3O3. The van der Waals surface area contributed by atoms with Gasteiger partial charge in [0.1, 0.15) is 0 Å². The van der Waals surface area contributed by atoms with Crippen LogP contribution in [0.4, 0.5) is 0 Å². The number of esters is 1. The lowest BCUT2D eigenvalue weighted by atomic mass is 10.1. The lowest BCUT2D eigenvalue weighted by Crippen LogP contribution is -2.27. The molecule has 0 saturated heterocycles. The molecule has 1 unspecified atom stereocenters. The SMILES string of the molecule is COC(=O)c1nn(C)cc1C(=O)C(C)N. The highest BCUT2D eigenvalue weighted by molar-refractivity contribution is 6.07. The summed E-state index contributed by atoms with van der Waals surface area (Å²) in [5.41, 5.74) is 5.64. The Bertz CT molecular complexity index is 395. The Morgan fingerprint density at radius 3 is 2.67 bits per heavy atom. The average Bonchev–Trinajstić information content (AvgIpc) is 2.57. The Balaban J connectivity index is 3.17. The number of hydrogen-bond acceptors (Lipinski definition) is 5. The molecular weight excluding hydrogens is 198 g/mol. The number of aromatic nitrogens is 2. The molecule has 6 heteroatoms. The fourth-order valence-corrected chi connectivity index (χ4v) is 1.16. The van der Waals surface area contributed by atoms with Gasteiger partial charge in [0.2, 0.25) is 0 Å². The zero-order valence-electron chi connectivity index (χ0n) is 8.85. The van der Waals surface area contributed by atoms with Crippen LogP contribution in [0, 0.1) is 0 Å². The van der Waals surface area contributed by atoms with Crippen molar-refractivity contribution in [2.45, 2.75) is 13.0 Å². The van der Waals surface area contributed by atoms with E-state index in [1.165, 1.54) is 18.0 Å². The van der Waals surface area contributed by atoms with Crippen molar-refractivity contribution in [3.05, 3.63) is 17.5 Å². The first kappa shape index (κ1) is 11.4. The van der Waals surface area contributed by atoms with Crippen LogP contribution in [0.1, 0.15) is 27.8 Å². The van der Waals surface area contributed by atoms with E-state index in [1.807, 2.05) is 0 Å². The fraction of sp³-hybridized carbons (Fsp3) is 0.444. The number of nitrogens with zero attached hydrogens (tertiary/aromatic N) is 2. The van der Waals surface area contributed by atoms with Gasteiger partial charge < -0.3 is 10.5 Å². The summed E-state index contributed by atoms with van der Waals surface area (Å²) in [6.07, 6.45) is 1.46. The van der Waals surface area contributed by atoms with Crippen molar-refractivity contribution in [3.63, 3.8) is 0 Å². The van der Waals surface area contributed by atoms with E-state index in [9.17, 15) is 9.59 Å². The van der Waals surface area contributed by atoms with Crippen LogP contribution in [0.25, 0.3) is 0 Å². The predicted octanol–water partition coefficient (Wildman–Crippen LogP) is -0.263. The number of ether oxygens (including phenoxy) is 1. The summed E-state index contributed by atoms with van der Waals surface area (Å²) in [5, 5.41) is 3.85. The van der Waals surface area contributed by atoms with Crippen molar-refractivity contribution in [3.8, 4) is 0 Å². The second-order valence-electron chi connectivity index (χ2n) is 3.21. The van der Waals surface area contributed by atoms with E-state index in [0.29, 0.717) is 0 Å². The van der Waals surface area contributed by atoms with Gasteiger partial charge >= 0.3 is 5.97 Å². The molecule has 1 heterocycles. The summed E-state index contributed by atoms with van der Waals surface area (Å²) in [6.45, 7) is 1.55. The van der Waals surface area contributed by atoms with Crippen LogP contribution in [-0.4, -0.2) is 34.7 Å². The number of methoxy groups -OCH3 is 1. The Kier molecular flexibility index (Phi) is 3.21. The zero-order chi connectivity index (χ0) is 11.6. The maximum absolute atomic E-state index is 11.6. The minimum atomic E-state index is -0.669. The molecule has 1 aromatic rings. The quantitative estimate of drug-likeness (QED) is 0.549. The maximum atomic E-state index is 11.6. The molecule has 0 saturated carbocycles. The topological polar surface area (TPSA) is 87.2 Å². The van der Waals surface area contributed by atoms with E-state index in [1.54, 1.807) is 14.0 Å². The van der Waals surface area contributed by atoms with E-state index in [2.05, 4.69) is 9.84 Å². The highest BCUT2D eigenvalue weighted by Gasteiger charge is 2.23. The molecule has 15 heavy (non-hydrogen) atoms. The molecule has 0 bridgehead atoms. The minimum absolute atomic E-state index is 0.00213. The standard InChI is InChI=1S/C9H13N3O3/c1-5(10)8(13)6-4-12(2)11-7(6)9(14)15-3/h4-5H,10H2,1-3H3. The van der Waals surface area contributed by atoms with Crippen LogP contribution in [0.5, 0.6) is 0 Å². The van der Waals surface area contributed by atoms with Gasteiger partial charge in [-0.2, -0.15) is 5.10 Å². The van der Waals surface area contributed by atoms with Crippen LogP contribution in [0.15, 0.2) is 6.20 Å². The van der Waals surface area contributed by atoms with Gasteiger partial charge in [0, 0.05) is 13.2 Å². The lowest BCUT2D eigenvalue weighted by molar-refractivity contribution is 0.0589. The van der Waals surface area contributed by atoms with Crippen molar-refractivity contribution in [2.24, 2.45) is 12.8 Å². The number of aryl methyl sites for hydroxylation is 1. The second-order valence-corrected chi connectivity index (χ2v) is 3.21. The third-order valence-electron chi connectivity index (χ3n) is 1.89. The van der Waals surface area contributed by atoms with E-state index in [-0.39, 0.29) is 17.0 Å². The Hall–Kier alpha value is -1.69. The molecule has 0 aliphatic rings. The number of Topliss-reactive ketones (excluding diaryl/α,β-unsaturated/α-hetero) is 1. The fourth-order valence-electron chi connectivity index (χ4n) is 1.16. The van der Waals surface area contributed by atoms with Crippen LogP contribution < -0.4 is 5.73 Å². The maximum Gasteiger partial charge on any atom is 0.359 e. The van der Waals surface area contributed by atoms with Gasteiger partial charge in [-0.1, -0.05) is 0 Å². The third kappa shape index (κ3) is 2.21. The van der Waals surface area contributed by atoms with Crippen LogP contribution >= 0.6 is 0 Å². The molecule has 0 amide bonds. The smallest absolute Gasteiger partial charge is 0.359 e. The van der Waals surface area contributed by atoms with Crippen molar-refractivity contribution >= 4 is 11.8 Å². The van der Waals surface area contributed by atoms with Crippen LogP contribution in [0.2, 0.25) is 0 Å². The molecule has 0 spiro atoms. The number of rotatable bonds is 3. The Morgan fingerprint density at radius 1 is 1.60 bits per heavy atom. The first-order valence-corrected chi connectivity index (χ1v) is 4.39. The molecule has 0 aliphatic carbocycles. The lowest BCUT2D eigenvalue weighted by Gasteiger charge is -2.02. The van der Waals surface area contributed by atoms with Crippen LogP contribution in [-0.2, 0) is 11.8 Å². The monoisotopic (exact) mass is 211 g/mol. The number of nitrogens with two attached hydrogens (primary N) is 1. The highest BCUT2D eigenvalue weighted by atomic mass is 16.5. The molecule has 82 valence electrons. The summed E-state index contributed by atoms with van der Waals surface area (Å²) in [7, 11) is 2.85. The summed E-state index contributed by atoms with van der Waals surface area (Å²) < 4.78 is 5.89. The van der Waals surface area contributed by atoms with Crippen molar-refractivity contribution in [1.82, 2.24) is 9.78 Å². The third-order valence-corrected chi connectivity index (χ3v) is 1.89. The van der Waals surface area contributed by atoms with E-state index >= 15 is 0 Å². The van der Waals surface area contributed by atoms with Gasteiger partial charge in [-0.15, -0.1) is 0 Å². The van der Waals surface area contributed by atoms with E-state index in [4.69, 9.17) is 5.73 Å². The van der Waals surface area contributed by atoms with Gasteiger partial charge in [0.05, 0.1) is 18.7 Å². The number of carbonyl (C=O) groups excluding carboxylic acids is 2. The summed E-state index contributed by atoms with van der Waals surface area (Å²) >= 11 is 0. The molecule has 0 fully saturated rings. The molecule has 2 N–H and O–H groups in total. The number of hydrogen-bond donors (Lipinski definition) is 1. The van der Waals surface area contributed by atoms with Crippen molar-refractivity contribution < 1.29 is 14.3 Å². The summed E-state index contributed by atoms with van der Waals surface area (Å²) in [5.74, 6) is -0.969. The van der Waals surface area contributed by atoms with Gasteiger partial charge in [-0.05, 0) is 6.92 Å². The normalized spacial score (nSPS) is 12.3. The van der Waals surface area contributed by atoms with Crippen molar-refractivity contribution in [2.75, 3.05) is 7.11 Å². The molecule has 1 rings (SSSR count). The molecule has 1 atom stereocenters. The zero-order valence-corrected chi connectivity index (χ0v) is 8.85. The minimum Gasteiger partial charge on any atom is -0.464 e. The second kappa shape index (κ2) is 4.22. The predicted molar refractivity (Wildman–Crippen MR) is 52.5 cm³/mol. The van der Waals surface area contributed by atoms with Gasteiger partial charge in [-0.3, -0.25) is 9.48 Å². The molecule has 0 aliphatic heterocycles. The molecule has 1 aromatic heterocycles. The van der Waals surface area contributed by atoms with Gasteiger partial charge in [-0.25, -0.2) is 4.79 Å². The average molecular weight is 211 g/mol. The van der Waals surface area contributed by atoms with E-state index in [0.717, 1.165) is 0 Å². The van der Waals surface area contributed by atoms with E-state index < -0.39 is 12.0 Å².